The van der Waals surface area contributed by atoms with Crippen LogP contribution in [0.5, 0.6) is 0 Å². The van der Waals surface area contributed by atoms with Gasteiger partial charge in [-0.25, -0.2) is 4.79 Å². The third kappa shape index (κ3) is 9.08. The van der Waals surface area contributed by atoms with Gasteiger partial charge in [-0.1, -0.05) is 43.1 Å². The van der Waals surface area contributed by atoms with Gasteiger partial charge < -0.3 is 20.3 Å². The number of amides is 3. The molecular weight excluding hydrogens is 467 g/mol. The van der Waals surface area contributed by atoms with Gasteiger partial charge in [-0.15, -0.1) is 0 Å². The Morgan fingerprint density at radius 1 is 1.16 bits per heavy atom. The number of carboxylic acid groups (broad SMARTS) is 1. The van der Waals surface area contributed by atoms with Crippen LogP contribution in [0.2, 0.25) is 10.0 Å². The second-order valence-electron chi connectivity index (χ2n) is 7.33. The average molecular weight is 491 g/mol. The third-order valence-corrected chi connectivity index (χ3v) is 4.80. The molecule has 0 spiro atoms. The minimum absolute atomic E-state index is 0.168. The molecule has 1 aromatic carbocycles. The Bertz CT molecular complexity index is 872. The Kier molecular flexibility index (Phi) is 10.4. The van der Waals surface area contributed by atoms with E-state index in [1.165, 1.54) is 13.8 Å². The van der Waals surface area contributed by atoms with Crippen LogP contribution >= 0.6 is 23.2 Å². The molecule has 0 fully saturated rings. The van der Waals surface area contributed by atoms with Gasteiger partial charge in [0.25, 0.3) is 0 Å². The Hall–Kier alpha value is -2.89. The summed E-state index contributed by atoms with van der Waals surface area (Å²) in [6.45, 7) is 2.31. The zero-order chi connectivity index (χ0) is 24.5. The minimum Gasteiger partial charge on any atom is -0.481 e. The van der Waals surface area contributed by atoms with Gasteiger partial charge in [0.15, 0.2) is 0 Å². The van der Waals surface area contributed by atoms with Crippen molar-refractivity contribution in [3.63, 3.8) is 0 Å². The summed E-state index contributed by atoms with van der Waals surface area (Å²) in [5.41, 5.74) is -0.863. The zero-order valence-electron chi connectivity index (χ0n) is 17.3. The fourth-order valence-electron chi connectivity index (χ4n) is 2.29. The van der Waals surface area contributed by atoms with Crippen molar-refractivity contribution in [2.24, 2.45) is 5.41 Å². The number of halogens is 2. The van der Waals surface area contributed by atoms with E-state index in [9.17, 15) is 24.3 Å². The van der Waals surface area contributed by atoms with Crippen molar-refractivity contribution in [1.29, 1.82) is 5.41 Å². The molecule has 0 aliphatic heterocycles. The van der Waals surface area contributed by atoms with Crippen LogP contribution in [0, 0.1) is 10.8 Å². The van der Waals surface area contributed by atoms with Gasteiger partial charge in [0.05, 0.1) is 12.8 Å². The number of hydrogen-bond donors (Lipinski definition) is 6. The van der Waals surface area contributed by atoms with Crippen LogP contribution in [-0.2, 0) is 25.5 Å². The summed E-state index contributed by atoms with van der Waals surface area (Å²) < 4.78 is 4.91. The molecule has 1 aromatic rings. The van der Waals surface area contributed by atoms with E-state index in [0.717, 1.165) is 0 Å². The summed E-state index contributed by atoms with van der Waals surface area (Å²) >= 11 is 12.0. The molecule has 176 valence electrons. The number of carboxylic acids is 1. The fraction of sp³-hybridized carbons (Fsp3) is 0.421. The number of aliphatic carboxylic acids is 1. The Labute approximate surface area is 193 Å². The molecule has 0 aliphatic rings. The highest BCUT2D eigenvalue weighted by Crippen LogP contribution is 2.24. The van der Waals surface area contributed by atoms with Crippen LogP contribution in [0.25, 0.3) is 0 Å². The molecule has 0 saturated carbocycles. The second-order valence-corrected chi connectivity index (χ2v) is 8.14. The zero-order valence-corrected chi connectivity index (χ0v) is 18.8. The summed E-state index contributed by atoms with van der Waals surface area (Å²) in [6.07, 6.45) is -3.23. The number of aliphatic hydroxyl groups is 1. The topological polar surface area (TPSA) is 178 Å². The van der Waals surface area contributed by atoms with Crippen molar-refractivity contribution in [3.05, 3.63) is 33.8 Å². The first-order chi connectivity index (χ1) is 14.8. The predicted molar refractivity (Wildman–Crippen MR) is 116 cm³/mol. The van der Waals surface area contributed by atoms with Crippen molar-refractivity contribution in [1.82, 2.24) is 16.0 Å². The highest BCUT2D eigenvalue weighted by atomic mass is 35.5. The molecule has 0 bridgehead atoms. The second kappa shape index (κ2) is 12.2. The van der Waals surface area contributed by atoms with Crippen LogP contribution in [0.4, 0.5) is 4.79 Å². The van der Waals surface area contributed by atoms with E-state index >= 15 is 0 Å². The molecule has 0 heterocycles. The van der Waals surface area contributed by atoms with Gasteiger partial charge in [-0.2, -0.15) is 0 Å². The van der Waals surface area contributed by atoms with Crippen LogP contribution in [0.1, 0.15) is 25.8 Å². The molecule has 0 aromatic heterocycles. The number of aliphatic hydroxyl groups excluding tert-OH is 1. The van der Waals surface area contributed by atoms with E-state index in [1.807, 2.05) is 5.32 Å². The van der Waals surface area contributed by atoms with E-state index in [0.29, 0.717) is 5.56 Å². The predicted octanol–water partition coefficient (Wildman–Crippen LogP) is 1.29. The van der Waals surface area contributed by atoms with E-state index in [2.05, 4.69) is 10.6 Å². The first kappa shape index (κ1) is 27.1. The summed E-state index contributed by atoms with van der Waals surface area (Å²) in [6, 6.07) is 4.73. The number of rotatable bonds is 9. The molecule has 32 heavy (non-hydrogen) atoms. The van der Waals surface area contributed by atoms with Gasteiger partial charge in [0.1, 0.15) is 12.7 Å². The number of carbonyl (C=O) groups is 4. The standard InChI is InChI=1S/C19H24Cl2N4O7/c1-19(2,15(29)16(30)23-7-6-14(27)28)9-32-18(31)25-17(22)24-13(26)8-10-11(20)4-3-5-12(10)21/h3-5,15,29H,6-9H2,1-2H3,(H,23,30)(H,27,28)(H3,22,24,25,26,31)/t15-/m0/s1. The van der Waals surface area contributed by atoms with Gasteiger partial charge in [0, 0.05) is 22.0 Å². The van der Waals surface area contributed by atoms with E-state index in [-0.39, 0.29) is 29.4 Å². The van der Waals surface area contributed by atoms with Crippen LogP contribution in [0.3, 0.4) is 0 Å². The van der Waals surface area contributed by atoms with Gasteiger partial charge >= 0.3 is 12.1 Å². The van der Waals surface area contributed by atoms with Crippen LogP contribution < -0.4 is 16.0 Å². The molecule has 11 nitrogen and oxygen atoms in total. The number of benzene rings is 1. The third-order valence-electron chi connectivity index (χ3n) is 4.09. The number of nitrogens with one attached hydrogen (secondary N) is 4. The van der Waals surface area contributed by atoms with E-state index in [1.54, 1.807) is 18.2 Å². The molecule has 1 rings (SSSR count). The maximum Gasteiger partial charge on any atom is 0.413 e. The molecule has 0 saturated heterocycles. The SMILES string of the molecule is CC(C)(COC(=O)NC(=N)NC(=O)Cc1c(Cl)cccc1Cl)[C@@H](O)C(=O)NCCC(=O)O. The van der Waals surface area contributed by atoms with E-state index < -0.39 is 48.0 Å². The van der Waals surface area contributed by atoms with Crippen molar-refractivity contribution in [3.8, 4) is 0 Å². The highest BCUT2D eigenvalue weighted by Gasteiger charge is 2.35. The lowest BCUT2D eigenvalue weighted by Gasteiger charge is -2.28. The van der Waals surface area contributed by atoms with Gasteiger partial charge in [0.2, 0.25) is 17.8 Å². The molecule has 0 aliphatic carbocycles. The largest absolute Gasteiger partial charge is 0.481 e. The molecule has 6 N–H and O–H groups in total. The smallest absolute Gasteiger partial charge is 0.413 e. The molecule has 3 amide bonds. The molecule has 0 unspecified atom stereocenters. The first-order valence-electron chi connectivity index (χ1n) is 9.26. The number of alkyl carbamates (subject to hydrolysis) is 1. The summed E-state index contributed by atoms with van der Waals surface area (Å²) in [5, 5.41) is 33.3. The Morgan fingerprint density at radius 3 is 2.31 bits per heavy atom. The molecular formula is C19H24Cl2N4O7. The average Bonchev–Trinajstić information content (AvgIpc) is 2.68. The molecule has 13 heteroatoms. The van der Waals surface area contributed by atoms with Gasteiger partial charge in [-0.05, 0) is 17.7 Å². The highest BCUT2D eigenvalue weighted by molar-refractivity contribution is 6.36. The first-order valence-corrected chi connectivity index (χ1v) is 10.0. The number of carbonyl (C=O) groups excluding carboxylic acids is 3. The monoisotopic (exact) mass is 490 g/mol. The number of hydrogen-bond acceptors (Lipinski definition) is 7. The maximum absolute atomic E-state index is 12.0. The Morgan fingerprint density at radius 2 is 1.75 bits per heavy atom. The van der Waals surface area contributed by atoms with E-state index in [4.69, 9.17) is 38.5 Å². The summed E-state index contributed by atoms with van der Waals surface area (Å²) in [4.78, 5) is 46.3. The molecule has 1 atom stereocenters. The van der Waals surface area contributed by atoms with Crippen molar-refractivity contribution >= 4 is 53.0 Å². The Balaban J connectivity index is 2.48. The van der Waals surface area contributed by atoms with Gasteiger partial charge in [-0.3, -0.25) is 30.4 Å². The van der Waals surface area contributed by atoms with Crippen molar-refractivity contribution in [2.45, 2.75) is 32.8 Å². The summed E-state index contributed by atoms with van der Waals surface area (Å²) in [7, 11) is 0. The number of guanidine groups is 1. The molecule has 0 radical (unpaired) electrons. The number of ether oxygens (including phenoxy) is 1. The van der Waals surface area contributed by atoms with Crippen molar-refractivity contribution in [2.75, 3.05) is 13.2 Å². The normalized spacial score (nSPS) is 11.8. The van der Waals surface area contributed by atoms with Crippen LogP contribution in [-0.4, -0.2) is 59.3 Å². The lowest BCUT2D eigenvalue weighted by Crippen LogP contribution is -2.48. The minimum atomic E-state index is -1.59. The summed E-state index contributed by atoms with van der Waals surface area (Å²) in [5.74, 6) is -3.24. The van der Waals surface area contributed by atoms with Crippen LogP contribution in [0.15, 0.2) is 18.2 Å². The van der Waals surface area contributed by atoms with Crippen molar-refractivity contribution < 1.29 is 34.1 Å². The fourth-order valence-corrected chi connectivity index (χ4v) is 2.82. The lowest BCUT2D eigenvalue weighted by atomic mass is 9.87. The lowest BCUT2D eigenvalue weighted by molar-refractivity contribution is -0.138. The quantitative estimate of drug-likeness (QED) is 0.223. The maximum atomic E-state index is 12.0.